The Labute approximate surface area is 62.8 Å². The number of hydrogen-bond donors (Lipinski definition) is 3. The Kier molecular flexibility index (Phi) is 5.81. The zero-order valence-electron chi connectivity index (χ0n) is 2.62. The van der Waals surface area contributed by atoms with E-state index in [1.165, 1.54) is 0 Å². The third kappa shape index (κ3) is 10.9. The molecule has 0 saturated carbocycles. The molecule has 0 aromatic carbocycles. The van der Waals surface area contributed by atoms with E-state index < -0.39 is 10.3 Å². The first-order chi connectivity index (χ1) is 2.56. The number of rotatable bonds is 1. The monoisotopic (exact) mass is 137 g/mol. The fourth-order valence-corrected chi connectivity index (χ4v) is 0. The molecule has 0 aromatic rings. The van der Waals surface area contributed by atoms with E-state index in [4.69, 9.17) is 9.76 Å². The second kappa shape index (κ2) is 3.79. The molecule has 0 aromatic heterocycles. The van der Waals surface area contributed by atoms with Crippen molar-refractivity contribution in [1.82, 2.24) is 4.89 Å². The van der Waals surface area contributed by atoms with Gasteiger partial charge in [0.1, 0.15) is 0 Å². The molecule has 0 rings (SSSR count). The Morgan fingerprint density at radius 2 is 1.57 bits per heavy atom. The van der Waals surface area contributed by atoms with Gasteiger partial charge in [0, 0.05) is 0 Å². The van der Waals surface area contributed by atoms with Gasteiger partial charge in [-0.15, -0.1) is 0 Å². The van der Waals surface area contributed by atoms with Crippen LogP contribution in [0.5, 0.6) is 0 Å². The third-order valence-electron chi connectivity index (χ3n) is 0.115. The second-order valence-corrected chi connectivity index (χ2v) is 1.70. The summed E-state index contributed by atoms with van der Waals surface area (Å²) >= 11 is 0. The maximum absolute atomic E-state index is 9.19. The molecule has 0 heterocycles. The van der Waals surface area contributed by atoms with Crippen LogP contribution < -0.4 is 4.89 Å². The first-order valence-electron chi connectivity index (χ1n) is 0.944. The topological polar surface area (TPSA) is 86.6 Å². The van der Waals surface area contributed by atoms with Crippen LogP contribution >= 0.6 is 0 Å². The van der Waals surface area contributed by atoms with E-state index in [0.29, 0.717) is 4.89 Å². The average molecular weight is 137 g/mol. The predicted octanol–water partition coefficient (Wildman–Crippen LogP) is -1.88. The summed E-state index contributed by atoms with van der Waals surface area (Å²) < 4.78 is 25.8. The third-order valence-corrected chi connectivity index (χ3v) is 0.346. The Balaban J connectivity index is 0. The van der Waals surface area contributed by atoms with Gasteiger partial charge in [-0.3, -0.25) is 4.55 Å². The molecule has 0 saturated heterocycles. The summed E-state index contributed by atoms with van der Waals surface area (Å²) in [7, 11) is -4.36. The van der Waals surface area contributed by atoms with E-state index in [0.717, 1.165) is 0 Å². The predicted molar refractivity (Wildman–Crippen MR) is 23.6 cm³/mol. The van der Waals surface area contributed by atoms with E-state index in [1.807, 2.05) is 0 Å². The standard InChI is InChI=1S/H3NO4S.Na.H/c2-1-6(3,4)5;;/h1-2H,(H,3,4,5);;. The van der Waals surface area contributed by atoms with Crippen LogP contribution in [0, 0.1) is 0 Å². The van der Waals surface area contributed by atoms with Crippen LogP contribution in [0.2, 0.25) is 0 Å². The van der Waals surface area contributed by atoms with Gasteiger partial charge in [-0.2, -0.15) is 8.42 Å². The number of nitrogens with one attached hydrogen (secondary N) is 1. The van der Waals surface area contributed by atoms with Crippen molar-refractivity contribution < 1.29 is 18.2 Å². The van der Waals surface area contributed by atoms with Crippen LogP contribution in [0.25, 0.3) is 0 Å². The Hall–Kier alpha value is 0.830. The van der Waals surface area contributed by atoms with E-state index in [-0.39, 0.29) is 29.6 Å². The summed E-state index contributed by atoms with van der Waals surface area (Å²) in [5, 5.41) is 7.31. The van der Waals surface area contributed by atoms with Crippen molar-refractivity contribution in [3.8, 4) is 0 Å². The van der Waals surface area contributed by atoms with Gasteiger partial charge in [-0.1, -0.05) is 4.89 Å². The fraction of sp³-hybridized carbons (Fsp3) is 0. The van der Waals surface area contributed by atoms with E-state index >= 15 is 0 Å². The SMILES string of the molecule is O=S(=O)(O)NO.[NaH]. The van der Waals surface area contributed by atoms with Crippen molar-refractivity contribution in [2.75, 3.05) is 0 Å². The van der Waals surface area contributed by atoms with Crippen LogP contribution in [0.3, 0.4) is 0 Å². The summed E-state index contributed by atoms with van der Waals surface area (Å²) in [5.41, 5.74) is 0. The molecule has 0 aliphatic carbocycles. The zero-order valence-corrected chi connectivity index (χ0v) is 3.44. The van der Waals surface area contributed by atoms with Gasteiger partial charge in [-0.25, -0.2) is 0 Å². The minimum atomic E-state index is -4.36. The van der Waals surface area contributed by atoms with E-state index in [2.05, 4.69) is 0 Å². The van der Waals surface area contributed by atoms with Crippen molar-refractivity contribution in [2.24, 2.45) is 0 Å². The van der Waals surface area contributed by atoms with E-state index in [9.17, 15) is 8.42 Å². The van der Waals surface area contributed by atoms with Gasteiger partial charge in [0.25, 0.3) is 0 Å². The molecule has 0 radical (unpaired) electrons. The van der Waals surface area contributed by atoms with Gasteiger partial charge in [-0.05, 0) is 0 Å². The molecule has 0 unspecified atom stereocenters. The minimum absolute atomic E-state index is 0. The van der Waals surface area contributed by atoms with Gasteiger partial charge >= 0.3 is 39.9 Å². The van der Waals surface area contributed by atoms with Gasteiger partial charge < -0.3 is 5.21 Å². The normalized spacial score (nSPS) is 10.0. The maximum atomic E-state index is 9.19. The molecule has 0 aliphatic heterocycles. The molecule has 0 fully saturated rings. The molecule has 7 heteroatoms. The first-order valence-corrected chi connectivity index (χ1v) is 2.38. The molecule has 40 valence electrons. The van der Waals surface area contributed by atoms with Crippen molar-refractivity contribution >= 4 is 39.9 Å². The van der Waals surface area contributed by atoms with Crippen LogP contribution in [-0.2, 0) is 10.3 Å². The Bertz CT molecular complexity index is 114. The van der Waals surface area contributed by atoms with Gasteiger partial charge in [0.2, 0.25) is 0 Å². The second-order valence-electron chi connectivity index (χ2n) is 0.566. The molecule has 7 heavy (non-hydrogen) atoms. The van der Waals surface area contributed by atoms with Crippen LogP contribution in [-0.4, -0.2) is 47.7 Å². The molecule has 3 N–H and O–H groups in total. The molecule has 0 amide bonds. The molecule has 0 aliphatic rings. The molecular formula is H4NNaO4S. The number of hydrogen-bond acceptors (Lipinski definition) is 3. The van der Waals surface area contributed by atoms with Crippen LogP contribution in [0.1, 0.15) is 0 Å². The van der Waals surface area contributed by atoms with Crippen LogP contribution in [0.15, 0.2) is 0 Å². The summed E-state index contributed by atoms with van der Waals surface area (Å²) in [6.45, 7) is 0. The van der Waals surface area contributed by atoms with Crippen molar-refractivity contribution in [3.05, 3.63) is 0 Å². The van der Waals surface area contributed by atoms with Crippen molar-refractivity contribution in [2.45, 2.75) is 0 Å². The van der Waals surface area contributed by atoms with Gasteiger partial charge in [0.15, 0.2) is 0 Å². The Morgan fingerprint density at radius 3 is 1.57 bits per heavy atom. The molecule has 0 atom stereocenters. The zero-order chi connectivity index (χ0) is 5.21. The van der Waals surface area contributed by atoms with E-state index in [1.54, 1.807) is 0 Å². The summed E-state index contributed by atoms with van der Waals surface area (Å²) in [6.07, 6.45) is 0. The van der Waals surface area contributed by atoms with Crippen molar-refractivity contribution in [1.29, 1.82) is 0 Å². The summed E-state index contributed by atoms with van der Waals surface area (Å²) in [4.78, 5) is 0.632. The molecule has 5 nitrogen and oxygen atoms in total. The average Bonchev–Trinajstić information content (AvgIpc) is 1.35. The first kappa shape index (κ1) is 10.7. The summed E-state index contributed by atoms with van der Waals surface area (Å²) in [5.74, 6) is 0. The molecular weight excluding hydrogens is 133 g/mol. The molecule has 0 bridgehead atoms. The fourth-order valence-electron chi connectivity index (χ4n) is 0. The quantitative estimate of drug-likeness (QED) is 0.224. The van der Waals surface area contributed by atoms with Crippen molar-refractivity contribution in [3.63, 3.8) is 0 Å². The molecule has 0 spiro atoms. The van der Waals surface area contributed by atoms with Gasteiger partial charge in [0.05, 0.1) is 0 Å². The Morgan fingerprint density at radius 1 is 1.43 bits per heavy atom. The summed E-state index contributed by atoms with van der Waals surface area (Å²) in [6, 6.07) is 0. The van der Waals surface area contributed by atoms with Crippen LogP contribution in [0.4, 0.5) is 0 Å².